The molecule has 1 heterocycles. The molecule has 4 nitrogen and oxygen atoms in total. The van der Waals surface area contributed by atoms with E-state index in [1.54, 1.807) is 10.7 Å². The minimum absolute atomic E-state index is 0. The number of benzene rings is 1. The molecular weight excluding hydrogens is 237 g/mol. The van der Waals surface area contributed by atoms with Crippen molar-refractivity contribution in [2.75, 3.05) is 7.05 Å². The summed E-state index contributed by atoms with van der Waals surface area (Å²) in [6.45, 7) is 1.92. The number of hydrogen-bond donors (Lipinski definition) is 1. The zero-order valence-electron chi connectivity index (χ0n) is 11.8. The molecule has 0 aliphatic heterocycles. The summed E-state index contributed by atoms with van der Waals surface area (Å²) in [5.41, 5.74) is 6.36. The van der Waals surface area contributed by atoms with Gasteiger partial charge in [0.05, 0.1) is 5.69 Å². The van der Waals surface area contributed by atoms with Crippen LogP contribution < -0.4 is 40.9 Å². The first-order valence-electron chi connectivity index (χ1n) is 5.09. The summed E-state index contributed by atoms with van der Waals surface area (Å²) in [7, 11) is 3.38. The summed E-state index contributed by atoms with van der Waals surface area (Å²) in [5, 5.41) is 0. The summed E-state index contributed by atoms with van der Waals surface area (Å²) in [5.74, 6) is 0. The number of aryl methyl sites for hydroxylation is 1. The van der Waals surface area contributed by atoms with Gasteiger partial charge in [-0.15, -0.1) is 0 Å². The van der Waals surface area contributed by atoms with E-state index in [2.05, 4.69) is 5.73 Å². The molecule has 0 amide bonds. The average molecular weight is 259 g/mol. The van der Waals surface area contributed by atoms with Crippen molar-refractivity contribution in [1.29, 1.82) is 0 Å². The molecule has 2 N–H and O–H groups in total. The largest absolute Gasteiger partial charge is 1.00 e. The zero-order chi connectivity index (χ0) is 12.1. The van der Waals surface area contributed by atoms with Crippen LogP contribution in [0.1, 0.15) is 14.5 Å². The Hall–Kier alpha value is -0.810. The number of nitrogens with two attached hydrogens (primary N) is 1. The Balaban J connectivity index is -0.000000489. The molecule has 0 fully saturated rings. The third-order valence-corrected chi connectivity index (χ3v) is 2.35. The number of nitrogens with zero attached hydrogens (tertiary/aromatic N) is 2. The van der Waals surface area contributed by atoms with Gasteiger partial charge < -0.3 is 7.16 Å². The minimum atomic E-state index is 0. The number of aromatic nitrogens is 2. The standard InChI is InChI=1S/C11H12N2O.CH5N.CH4.Na.H/c1-9-8-11(14)13(12(9)2)10-6-4-3-5-7-10;1-2;;;/h3-8H,1-2H3;2H2,1H3;1H4;;/q;;;+1;-1. The molecule has 96 valence electrons. The number of para-hydroxylation sites is 1. The van der Waals surface area contributed by atoms with E-state index < -0.39 is 0 Å². The van der Waals surface area contributed by atoms with Gasteiger partial charge in [-0.05, 0) is 26.1 Å². The summed E-state index contributed by atoms with van der Waals surface area (Å²) >= 11 is 0. The van der Waals surface area contributed by atoms with Gasteiger partial charge in [-0.25, -0.2) is 4.68 Å². The summed E-state index contributed by atoms with van der Waals surface area (Å²) < 4.78 is 3.49. The molecule has 0 bridgehead atoms. The van der Waals surface area contributed by atoms with Crippen LogP contribution >= 0.6 is 0 Å². The third kappa shape index (κ3) is 4.14. The molecule has 0 saturated heterocycles. The van der Waals surface area contributed by atoms with Gasteiger partial charge in [0.25, 0.3) is 5.56 Å². The van der Waals surface area contributed by atoms with Gasteiger partial charge in [0.2, 0.25) is 0 Å². The quantitative estimate of drug-likeness (QED) is 0.655. The molecule has 0 saturated carbocycles. The van der Waals surface area contributed by atoms with Crippen molar-refractivity contribution < 1.29 is 31.0 Å². The van der Waals surface area contributed by atoms with E-state index in [4.69, 9.17) is 0 Å². The van der Waals surface area contributed by atoms with Crippen LogP contribution in [0.4, 0.5) is 0 Å². The maximum absolute atomic E-state index is 11.6. The van der Waals surface area contributed by atoms with E-state index in [-0.39, 0.29) is 44.0 Å². The Kier molecular flexibility index (Phi) is 9.94. The molecule has 5 heteroatoms. The van der Waals surface area contributed by atoms with Crippen molar-refractivity contribution in [2.45, 2.75) is 14.4 Å². The molecule has 18 heavy (non-hydrogen) atoms. The first-order chi connectivity index (χ1) is 7.70. The summed E-state index contributed by atoms with van der Waals surface area (Å²) in [4.78, 5) is 11.6. The molecule has 2 aromatic rings. The van der Waals surface area contributed by atoms with Crippen LogP contribution in [-0.2, 0) is 7.05 Å². The summed E-state index contributed by atoms with van der Waals surface area (Å²) in [6.07, 6.45) is 0. The van der Waals surface area contributed by atoms with Gasteiger partial charge in [-0.3, -0.25) is 9.48 Å². The SMILES string of the molecule is C.CN.Cc1cc(=O)n(-c2ccccc2)n1C.[H-].[Na+]. The number of hydrogen-bond acceptors (Lipinski definition) is 2. The van der Waals surface area contributed by atoms with Crippen LogP contribution in [0.5, 0.6) is 0 Å². The van der Waals surface area contributed by atoms with E-state index in [1.165, 1.54) is 7.05 Å². The second kappa shape index (κ2) is 9.16. The van der Waals surface area contributed by atoms with Crippen LogP contribution in [0.25, 0.3) is 5.69 Å². The van der Waals surface area contributed by atoms with Crippen LogP contribution in [0.15, 0.2) is 41.2 Å². The van der Waals surface area contributed by atoms with Gasteiger partial charge in [0.1, 0.15) is 0 Å². The Bertz CT molecular complexity index is 508. The molecule has 1 aromatic carbocycles. The molecule has 0 unspecified atom stereocenters. The van der Waals surface area contributed by atoms with Gasteiger partial charge in [0, 0.05) is 18.8 Å². The van der Waals surface area contributed by atoms with E-state index >= 15 is 0 Å². The maximum atomic E-state index is 11.6. The third-order valence-electron chi connectivity index (χ3n) is 2.35. The maximum Gasteiger partial charge on any atom is 1.00 e. The molecule has 0 atom stereocenters. The molecule has 0 radical (unpaired) electrons. The molecule has 0 aliphatic rings. The number of rotatable bonds is 1. The first kappa shape index (κ1) is 19.5. The van der Waals surface area contributed by atoms with Crippen LogP contribution in [0.2, 0.25) is 0 Å². The Morgan fingerprint density at radius 1 is 1.17 bits per heavy atom. The smallest absolute Gasteiger partial charge is 1.00 e. The average Bonchev–Trinajstić information content (AvgIpc) is 2.57. The van der Waals surface area contributed by atoms with Crippen molar-refractivity contribution >= 4 is 0 Å². The van der Waals surface area contributed by atoms with Crippen LogP contribution in [-0.4, -0.2) is 16.4 Å². The Labute approximate surface area is 132 Å². The van der Waals surface area contributed by atoms with Gasteiger partial charge in [-0.2, -0.15) is 0 Å². The van der Waals surface area contributed by atoms with Crippen molar-refractivity contribution in [2.24, 2.45) is 12.8 Å². The van der Waals surface area contributed by atoms with E-state index in [9.17, 15) is 4.79 Å². The second-order valence-corrected chi connectivity index (χ2v) is 3.29. The second-order valence-electron chi connectivity index (χ2n) is 3.29. The van der Waals surface area contributed by atoms with Crippen molar-refractivity contribution in [1.82, 2.24) is 9.36 Å². The molecule has 2 rings (SSSR count). The fourth-order valence-corrected chi connectivity index (χ4v) is 1.51. The molecule has 0 aliphatic carbocycles. The predicted octanol–water partition coefficient (Wildman–Crippen LogP) is -1.19. The van der Waals surface area contributed by atoms with Crippen molar-refractivity contribution in [3.63, 3.8) is 0 Å². The fourth-order valence-electron chi connectivity index (χ4n) is 1.51. The van der Waals surface area contributed by atoms with Crippen molar-refractivity contribution in [3.05, 3.63) is 52.4 Å². The predicted molar refractivity (Wildman–Crippen MR) is 73.7 cm³/mol. The minimum Gasteiger partial charge on any atom is -1.00 e. The van der Waals surface area contributed by atoms with Gasteiger partial charge in [0.15, 0.2) is 0 Å². The monoisotopic (exact) mass is 259 g/mol. The van der Waals surface area contributed by atoms with Crippen LogP contribution in [0, 0.1) is 6.92 Å². The van der Waals surface area contributed by atoms with Crippen molar-refractivity contribution in [3.8, 4) is 5.69 Å². The Morgan fingerprint density at radius 3 is 2.06 bits per heavy atom. The Morgan fingerprint density at radius 2 is 1.67 bits per heavy atom. The fraction of sp³-hybridized carbons (Fsp3) is 0.308. The molecule has 1 aromatic heterocycles. The topological polar surface area (TPSA) is 53.0 Å². The van der Waals surface area contributed by atoms with Crippen LogP contribution in [0.3, 0.4) is 0 Å². The van der Waals surface area contributed by atoms with E-state index in [1.807, 2.05) is 49.0 Å². The summed E-state index contributed by atoms with van der Waals surface area (Å²) in [6, 6.07) is 11.2. The molecule has 0 spiro atoms. The molecular formula is C13H22N3NaO. The van der Waals surface area contributed by atoms with E-state index in [0.29, 0.717) is 0 Å². The normalized spacial score (nSPS) is 8.44. The zero-order valence-corrected chi connectivity index (χ0v) is 12.8. The van der Waals surface area contributed by atoms with E-state index in [0.717, 1.165) is 11.4 Å². The van der Waals surface area contributed by atoms with Gasteiger partial charge >= 0.3 is 29.6 Å². The van der Waals surface area contributed by atoms with Gasteiger partial charge in [-0.1, -0.05) is 25.6 Å². The first-order valence-corrected chi connectivity index (χ1v) is 5.09.